The third-order valence-electron chi connectivity index (χ3n) is 2.31. The second-order valence-electron chi connectivity index (χ2n) is 4.61. The Bertz CT molecular complexity index is 356. The molecule has 0 saturated carbocycles. The van der Waals surface area contributed by atoms with Gasteiger partial charge in [0.25, 0.3) is 0 Å². The van der Waals surface area contributed by atoms with E-state index >= 15 is 0 Å². The third-order valence-corrected chi connectivity index (χ3v) is 2.93. The molecule has 0 fully saturated rings. The summed E-state index contributed by atoms with van der Waals surface area (Å²) in [5, 5.41) is 3.12. The van der Waals surface area contributed by atoms with Crippen LogP contribution in [0.5, 0.6) is 5.75 Å². The molecule has 0 amide bonds. The minimum Gasteiger partial charge on any atom is -0.490 e. The van der Waals surface area contributed by atoms with Crippen LogP contribution in [-0.2, 0) is 11.3 Å². The summed E-state index contributed by atoms with van der Waals surface area (Å²) < 4.78 is 12.1. The Labute approximate surface area is 118 Å². The Morgan fingerprint density at radius 1 is 1.28 bits per heavy atom. The van der Waals surface area contributed by atoms with Crippen LogP contribution in [0.1, 0.15) is 19.4 Å². The lowest BCUT2D eigenvalue weighted by Gasteiger charge is -2.11. The van der Waals surface area contributed by atoms with Gasteiger partial charge in [-0.3, -0.25) is 0 Å². The number of halogens is 1. The van der Waals surface area contributed by atoms with E-state index < -0.39 is 0 Å². The second kappa shape index (κ2) is 8.51. The Balaban J connectivity index is 2.34. The lowest BCUT2D eigenvalue weighted by atomic mass is 10.2. The van der Waals surface area contributed by atoms with Gasteiger partial charge in [0.15, 0.2) is 0 Å². The zero-order valence-corrected chi connectivity index (χ0v) is 12.9. The average Bonchev–Trinajstić information content (AvgIpc) is 2.31. The smallest absolute Gasteiger partial charge is 0.133 e. The summed E-state index contributed by atoms with van der Waals surface area (Å²) in [5.41, 5.74) is 1.23. The van der Waals surface area contributed by atoms with Crippen LogP contribution in [0.25, 0.3) is 0 Å². The van der Waals surface area contributed by atoms with Crippen LogP contribution in [0.3, 0.4) is 0 Å². The lowest BCUT2D eigenvalue weighted by molar-refractivity contribution is 0.0817. The van der Waals surface area contributed by atoms with Gasteiger partial charge in [0.05, 0.1) is 11.1 Å². The fourth-order valence-electron chi connectivity index (χ4n) is 1.51. The molecule has 0 radical (unpaired) electrons. The van der Waals surface area contributed by atoms with Gasteiger partial charge in [0, 0.05) is 13.2 Å². The van der Waals surface area contributed by atoms with Crippen LogP contribution >= 0.6 is 15.9 Å². The number of ether oxygens (including phenoxy) is 2. The van der Waals surface area contributed by atoms with Crippen molar-refractivity contribution in [2.24, 2.45) is 5.92 Å². The lowest BCUT2D eigenvalue weighted by Crippen LogP contribution is -2.10. The summed E-state index contributed by atoms with van der Waals surface area (Å²) >= 11 is 3.52. The topological polar surface area (TPSA) is 30.5 Å². The van der Waals surface area contributed by atoms with Crippen LogP contribution in [0, 0.1) is 5.92 Å². The van der Waals surface area contributed by atoms with E-state index in [-0.39, 0.29) is 0 Å². The summed E-state index contributed by atoms with van der Waals surface area (Å²) in [6, 6.07) is 6.12. The molecule has 0 aliphatic heterocycles. The van der Waals surface area contributed by atoms with Gasteiger partial charge in [-0.1, -0.05) is 19.9 Å². The minimum atomic E-state index is 0.567. The number of benzene rings is 1. The third kappa shape index (κ3) is 5.85. The number of hydrogen-bond donors (Lipinski definition) is 1. The quantitative estimate of drug-likeness (QED) is 0.747. The summed E-state index contributed by atoms with van der Waals surface area (Å²) in [5.74, 6) is 1.43. The van der Waals surface area contributed by atoms with Crippen LogP contribution in [0.15, 0.2) is 22.7 Å². The van der Waals surface area contributed by atoms with Crippen molar-refractivity contribution in [3.05, 3.63) is 28.2 Å². The first-order valence-corrected chi connectivity index (χ1v) is 7.06. The fourth-order valence-corrected chi connectivity index (χ4v) is 2.05. The van der Waals surface area contributed by atoms with E-state index in [4.69, 9.17) is 9.47 Å². The Morgan fingerprint density at radius 3 is 2.67 bits per heavy atom. The predicted molar refractivity (Wildman–Crippen MR) is 78.1 cm³/mol. The second-order valence-corrected chi connectivity index (χ2v) is 5.47. The molecular weight excluding hydrogens is 294 g/mol. The first-order chi connectivity index (χ1) is 8.63. The van der Waals surface area contributed by atoms with Gasteiger partial charge in [-0.05, 0) is 46.6 Å². The molecule has 0 aliphatic carbocycles. The van der Waals surface area contributed by atoms with Gasteiger partial charge >= 0.3 is 0 Å². The SMILES string of the molecule is CNCc1ccc(OCCOCC(C)C)c(Br)c1. The maximum Gasteiger partial charge on any atom is 0.133 e. The van der Waals surface area contributed by atoms with Crippen molar-refractivity contribution in [3.63, 3.8) is 0 Å². The minimum absolute atomic E-state index is 0.567. The van der Waals surface area contributed by atoms with Crippen LogP contribution in [-0.4, -0.2) is 26.9 Å². The molecule has 0 spiro atoms. The molecule has 18 heavy (non-hydrogen) atoms. The van der Waals surface area contributed by atoms with Crippen molar-refractivity contribution in [1.29, 1.82) is 0 Å². The van der Waals surface area contributed by atoms with Gasteiger partial charge in [-0.25, -0.2) is 0 Å². The number of hydrogen-bond acceptors (Lipinski definition) is 3. The van der Waals surface area contributed by atoms with E-state index in [0.29, 0.717) is 19.1 Å². The van der Waals surface area contributed by atoms with Crippen molar-refractivity contribution in [2.45, 2.75) is 20.4 Å². The molecule has 0 unspecified atom stereocenters. The predicted octanol–water partition coefficient (Wildman–Crippen LogP) is 3.22. The zero-order valence-electron chi connectivity index (χ0n) is 11.3. The molecular formula is C14H22BrNO2. The first kappa shape index (κ1) is 15.5. The summed E-state index contributed by atoms with van der Waals surface area (Å²) in [4.78, 5) is 0. The molecule has 1 rings (SSSR count). The van der Waals surface area contributed by atoms with Crippen LogP contribution in [0.4, 0.5) is 0 Å². The van der Waals surface area contributed by atoms with Crippen molar-refractivity contribution in [1.82, 2.24) is 5.32 Å². The highest BCUT2D eigenvalue weighted by molar-refractivity contribution is 9.10. The molecule has 1 aromatic carbocycles. The summed E-state index contributed by atoms with van der Waals surface area (Å²) in [6.07, 6.45) is 0. The molecule has 102 valence electrons. The molecule has 0 atom stereocenters. The van der Waals surface area contributed by atoms with E-state index in [1.807, 2.05) is 13.1 Å². The summed E-state index contributed by atoms with van der Waals surface area (Å²) in [6.45, 7) is 7.12. The maximum absolute atomic E-state index is 5.66. The van der Waals surface area contributed by atoms with Crippen LogP contribution in [0.2, 0.25) is 0 Å². The molecule has 0 aliphatic rings. The zero-order chi connectivity index (χ0) is 13.4. The summed E-state index contributed by atoms with van der Waals surface area (Å²) in [7, 11) is 1.93. The highest BCUT2D eigenvalue weighted by Gasteiger charge is 2.02. The average molecular weight is 316 g/mol. The van der Waals surface area contributed by atoms with Gasteiger partial charge in [-0.2, -0.15) is 0 Å². The molecule has 1 aromatic rings. The van der Waals surface area contributed by atoms with Crippen molar-refractivity contribution in [2.75, 3.05) is 26.9 Å². The van der Waals surface area contributed by atoms with Gasteiger partial charge in [-0.15, -0.1) is 0 Å². The number of rotatable bonds is 8. The van der Waals surface area contributed by atoms with Gasteiger partial charge < -0.3 is 14.8 Å². The largest absolute Gasteiger partial charge is 0.490 e. The van der Waals surface area contributed by atoms with E-state index in [0.717, 1.165) is 23.4 Å². The standard InChI is InChI=1S/C14H22BrNO2/c1-11(2)10-17-6-7-18-14-5-4-12(9-16-3)8-13(14)15/h4-5,8,11,16H,6-7,9-10H2,1-3H3. The van der Waals surface area contributed by atoms with E-state index in [1.165, 1.54) is 5.56 Å². The fraction of sp³-hybridized carbons (Fsp3) is 0.571. The Kier molecular flexibility index (Phi) is 7.32. The maximum atomic E-state index is 5.66. The normalized spacial score (nSPS) is 10.9. The molecule has 0 bridgehead atoms. The molecule has 4 heteroatoms. The van der Waals surface area contributed by atoms with E-state index in [1.54, 1.807) is 0 Å². The monoisotopic (exact) mass is 315 g/mol. The number of nitrogens with one attached hydrogen (secondary N) is 1. The molecule has 0 aromatic heterocycles. The van der Waals surface area contributed by atoms with Crippen molar-refractivity contribution in [3.8, 4) is 5.75 Å². The Morgan fingerprint density at radius 2 is 2.06 bits per heavy atom. The molecule has 3 nitrogen and oxygen atoms in total. The van der Waals surface area contributed by atoms with E-state index in [2.05, 4.69) is 47.2 Å². The Hall–Kier alpha value is -0.580. The highest BCUT2D eigenvalue weighted by atomic mass is 79.9. The van der Waals surface area contributed by atoms with Crippen molar-refractivity contribution >= 4 is 15.9 Å². The van der Waals surface area contributed by atoms with Crippen molar-refractivity contribution < 1.29 is 9.47 Å². The van der Waals surface area contributed by atoms with Crippen LogP contribution < -0.4 is 10.1 Å². The first-order valence-electron chi connectivity index (χ1n) is 6.27. The molecule has 0 heterocycles. The highest BCUT2D eigenvalue weighted by Crippen LogP contribution is 2.25. The van der Waals surface area contributed by atoms with E-state index in [9.17, 15) is 0 Å². The molecule has 0 saturated heterocycles. The van der Waals surface area contributed by atoms with Gasteiger partial charge in [0.2, 0.25) is 0 Å². The van der Waals surface area contributed by atoms with Gasteiger partial charge in [0.1, 0.15) is 12.4 Å². The molecule has 1 N–H and O–H groups in total.